The van der Waals surface area contributed by atoms with Crippen LogP contribution in [0, 0.1) is 0 Å². The number of hydrogen-bond donors (Lipinski definition) is 2. The average Bonchev–Trinajstić information content (AvgIpc) is 2.78. The molecular formula is C11H17NO5S. The van der Waals surface area contributed by atoms with E-state index in [0.29, 0.717) is 6.42 Å². The summed E-state index contributed by atoms with van der Waals surface area (Å²) in [6.07, 6.45) is 4.51. The zero-order chi connectivity index (χ0) is 13.6. The van der Waals surface area contributed by atoms with Crippen LogP contribution in [0.1, 0.15) is 44.8 Å². The zero-order valence-corrected chi connectivity index (χ0v) is 11.0. The van der Waals surface area contributed by atoms with Crippen LogP contribution in [-0.2, 0) is 10.1 Å². The van der Waals surface area contributed by atoms with Gasteiger partial charge in [-0.1, -0.05) is 31.3 Å². The van der Waals surface area contributed by atoms with Gasteiger partial charge in [0.25, 0.3) is 0 Å². The van der Waals surface area contributed by atoms with Crippen LogP contribution in [0.15, 0.2) is 26.8 Å². The fraction of sp³-hybridized carbons (Fsp3) is 0.545. The molecule has 0 amide bonds. The van der Waals surface area contributed by atoms with Crippen molar-refractivity contribution in [3.05, 3.63) is 17.9 Å². The Morgan fingerprint density at radius 3 is 2.56 bits per heavy atom. The number of furan rings is 1. The normalized spacial score (nSPS) is 12.9. The van der Waals surface area contributed by atoms with E-state index < -0.39 is 15.2 Å². The van der Waals surface area contributed by atoms with E-state index >= 15 is 0 Å². The second-order valence-corrected chi connectivity index (χ2v) is 5.30. The molecule has 18 heavy (non-hydrogen) atoms. The first kappa shape index (κ1) is 14.7. The van der Waals surface area contributed by atoms with Gasteiger partial charge in [-0.15, -0.1) is 0 Å². The molecule has 1 aromatic rings. The lowest BCUT2D eigenvalue weighted by Crippen LogP contribution is -2.00. The Labute approximate surface area is 106 Å². The monoisotopic (exact) mass is 275 g/mol. The van der Waals surface area contributed by atoms with Crippen molar-refractivity contribution in [1.29, 1.82) is 0 Å². The van der Waals surface area contributed by atoms with Crippen LogP contribution in [-0.4, -0.2) is 23.9 Å². The molecular weight excluding hydrogens is 258 g/mol. The van der Waals surface area contributed by atoms with E-state index in [9.17, 15) is 8.42 Å². The van der Waals surface area contributed by atoms with Gasteiger partial charge in [-0.05, 0) is 25.0 Å². The first-order valence-corrected chi connectivity index (χ1v) is 7.21. The van der Waals surface area contributed by atoms with Gasteiger partial charge in [-0.25, -0.2) is 0 Å². The molecule has 0 bridgehead atoms. The second kappa shape index (κ2) is 6.55. The van der Waals surface area contributed by atoms with E-state index in [1.165, 1.54) is 6.07 Å². The van der Waals surface area contributed by atoms with Crippen LogP contribution >= 0.6 is 0 Å². The standard InChI is InChI=1S/C11H17NO5S/c1-2-3-4-5-6-9(12-13)10-7-8-11(17-10)18(14,15)16/h7-8,13H,2-6H2,1H3,(H,14,15,16). The second-order valence-electron chi connectivity index (χ2n) is 3.95. The molecule has 0 saturated heterocycles. The van der Waals surface area contributed by atoms with Gasteiger partial charge in [0.2, 0.25) is 5.09 Å². The third kappa shape index (κ3) is 4.15. The first-order valence-electron chi connectivity index (χ1n) is 5.77. The van der Waals surface area contributed by atoms with Crippen LogP contribution in [0.2, 0.25) is 0 Å². The number of nitrogens with zero attached hydrogens (tertiary/aromatic N) is 1. The Morgan fingerprint density at radius 2 is 2.06 bits per heavy atom. The minimum atomic E-state index is -4.36. The van der Waals surface area contributed by atoms with Crippen molar-refractivity contribution in [3.63, 3.8) is 0 Å². The smallest absolute Gasteiger partial charge is 0.328 e. The molecule has 0 aromatic carbocycles. The predicted molar refractivity (Wildman–Crippen MR) is 65.6 cm³/mol. The largest absolute Gasteiger partial charge is 0.441 e. The number of oxime groups is 1. The van der Waals surface area contributed by atoms with Crippen LogP contribution in [0.4, 0.5) is 0 Å². The summed E-state index contributed by atoms with van der Waals surface area (Å²) in [5.41, 5.74) is 0.279. The van der Waals surface area contributed by atoms with E-state index in [4.69, 9.17) is 14.2 Å². The van der Waals surface area contributed by atoms with Crippen LogP contribution in [0.5, 0.6) is 0 Å². The third-order valence-corrected chi connectivity index (χ3v) is 3.24. The molecule has 0 unspecified atom stereocenters. The van der Waals surface area contributed by atoms with E-state index in [2.05, 4.69) is 12.1 Å². The molecule has 1 rings (SSSR count). The van der Waals surface area contributed by atoms with Crippen molar-refractivity contribution in [2.24, 2.45) is 5.16 Å². The molecule has 0 aliphatic rings. The first-order chi connectivity index (χ1) is 8.49. The van der Waals surface area contributed by atoms with E-state index in [0.717, 1.165) is 31.7 Å². The van der Waals surface area contributed by atoms with Crippen LogP contribution in [0.3, 0.4) is 0 Å². The summed E-state index contributed by atoms with van der Waals surface area (Å²) in [5, 5.41) is 11.4. The van der Waals surface area contributed by atoms with Gasteiger partial charge in [0.1, 0.15) is 5.71 Å². The quantitative estimate of drug-likeness (QED) is 0.262. The zero-order valence-electron chi connectivity index (χ0n) is 10.2. The molecule has 6 nitrogen and oxygen atoms in total. The maximum absolute atomic E-state index is 10.8. The summed E-state index contributed by atoms with van der Waals surface area (Å²) in [6.45, 7) is 2.09. The highest BCUT2D eigenvalue weighted by molar-refractivity contribution is 7.85. The highest BCUT2D eigenvalue weighted by Crippen LogP contribution is 2.17. The van der Waals surface area contributed by atoms with Gasteiger partial charge < -0.3 is 9.62 Å². The molecule has 1 heterocycles. The molecule has 1 aromatic heterocycles. The molecule has 2 N–H and O–H groups in total. The van der Waals surface area contributed by atoms with E-state index in [1.54, 1.807) is 0 Å². The topological polar surface area (TPSA) is 100 Å². The Hall–Kier alpha value is -1.34. The van der Waals surface area contributed by atoms with Crippen molar-refractivity contribution < 1.29 is 22.6 Å². The van der Waals surface area contributed by atoms with Gasteiger partial charge >= 0.3 is 10.1 Å². The fourth-order valence-corrected chi connectivity index (χ4v) is 1.99. The van der Waals surface area contributed by atoms with Gasteiger partial charge in [-0.3, -0.25) is 4.55 Å². The van der Waals surface area contributed by atoms with Crippen molar-refractivity contribution in [1.82, 2.24) is 0 Å². The third-order valence-electron chi connectivity index (χ3n) is 2.51. The molecule has 0 aliphatic heterocycles. The van der Waals surface area contributed by atoms with Crippen molar-refractivity contribution in [3.8, 4) is 0 Å². The Morgan fingerprint density at radius 1 is 1.33 bits per heavy atom. The lowest BCUT2D eigenvalue weighted by Gasteiger charge is -2.01. The van der Waals surface area contributed by atoms with Crippen molar-refractivity contribution in [2.45, 2.75) is 44.1 Å². The molecule has 0 aliphatic carbocycles. The van der Waals surface area contributed by atoms with Gasteiger partial charge in [0.15, 0.2) is 5.76 Å². The van der Waals surface area contributed by atoms with Crippen LogP contribution in [0.25, 0.3) is 0 Å². The van der Waals surface area contributed by atoms with E-state index in [-0.39, 0.29) is 11.5 Å². The minimum absolute atomic E-state index is 0.154. The van der Waals surface area contributed by atoms with Crippen LogP contribution < -0.4 is 0 Å². The maximum atomic E-state index is 10.8. The molecule has 0 atom stereocenters. The van der Waals surface area contributed by atoms with Gasteiger partial charge in [0, 0.05) is 0 Å². The SMILES string of the molecule is CCCCCCC(=NO)c1ccc(S(=O)(=O)O)o1. The summed E-state index contributed by atoms with van der Waals surface area (Å²) in [6, 6.07) is 2.49. The lowest BCUT2D eigenvalue weighted by molar-refractivity contribution is 0.314. The Balaban J connectivity index is 2.69. The molecule has 0 spiro atoms. The lowest BCUT2D eigenvalue weighted by atomic mass is 10.1. The molecule has 7 heteroatoms. The summed E-state index contributed by atoms with van der Waals surface area (Å²) >= 11 is 0. The van der Waals surface area contributed by atoms with E-state index in [1.807, 2.05) is 0 Å². The number of hydrogen-bond acceptors (Lipinski definition) is 5. The molecule has 0 saturated carbocycles. The molecule has 0 radical (unpaired) electrons. The number of rotatable bonds is 7. The summed E-state index contributed by atoms with van der Waals surface area (Å²) in [4.78, 5) is 0. The van der Waals surface area contributed by atoms with Crippen molar-refractivity contribution in [2.75, 3.05) is 0 Å². The molecule has 0 fully saturated rings. The summed E-state index contributed by atoms with van der Waals surface area (Å²) in [5.74, 6) is 0.154. The fourth-order valence-electron chi connectivity index (χ4n) is 1.56. The minimum Gasteiger partial charge on any atom is -0.441 e. The highest BCUT2D eigenvalue weighted by atomic mass is 32.2. The highest BCUT2D eigenvalue weighted by Gasteiger charge is 2.17. The Kier molecular flexibility index (Phi) is 5.36. The maximum Gasteiger partial charge on any atom is 0.328 e. The summed E-state index contributed by atoms with van der Waals surface area (Å²) < 4.78 is 35.3. The summed E-state index contributed by atoms with van der Waals surface area (Å²) in [7, 11) is -4.36. The predicted octanol–water partition coefficient (Wildman–Crippen LogP) is 2.68. The number of unbranched alkanes of at least 4 members (excludes halogenated alkanes) is 3. The van der Waals surface area contributed by atoms with Crippen molar-refractivity contribution >= 4 is 15.8 Å². The van der Waals surface area contributed by atoms with Gasteiger partial charge in [-0.2, -0.15) is 8.42 Å². The Bertz CT molecular complexity index is 503. The average molecular weight is 275 g/mol. The molecule has 102 valence electrons. The van der Waals surface area contributed by atoms with Gasteiger partial charge in [0.05, 0.1) is 0 Å².